The molecular weight excluding hydrogens is 633 g/mol. The number of nitrogens with two attached hydrogens (primary N) is 2. The van der Waals surface area contributed by atoms with Crippen molar-refractivity contribution in [1.82, 2.24) is 20.1 Å². The summed E-state index contributed by atoms with van der Waals surface area (Å²) < 4.78 is 6.18. The monoisotopic (exact) mass is 678 g/mol. The van der Waals surface area contributed by atoms with Gasteiger partial charge in [0.1, 0.15) is 11.5 Å². The molecule has 0 atom stereocenters. The summed E-state index contributed by atoms with van der Waals surface area (Å²) in [6.07, 6.45) is 0.892. The van der Waals surface area contributed by atoms with Gasteiger partial charge in [0.15, 0.2) is 5.82 Å². The van der Waals surface area contributed by atoms with Crippen LogP contribution in [0.15, 0.2) is 78.3 Å². The highest BCUT2D eigenvalue weighted by Gasteiger charge is 2.21. The molecule has 1 aliphatic rings. The standard InChI is InChI=1S/C38H46N8O2S/c1-26(2)46(34-21-29(11-12-30(34)23-39)37-27(3)41-25-49-37)15-6-20-48-31-13-9-28(10-14-31)24-44-16-18-45(19-17-44)35-22-33(42-43-38(35)40)32-7-4-5-8-36(32)47/h4-5,7-14,21-22,25-26,47H,6,15-20,23-24,39H2,1-3H3,(H2,40,43). The Labute approximate surface area is 293 Å². The molecule has 0 bridgehead atoms. The Bertz CT molecular complexity index is 1840. The first-order valence-electron chi connectivity index (χ1n) is 16.9. The number of hydrogen-bond acceptors (Lipinski definition) is 11. The van der Waals surface area contributed by atoms with Crippen LogP contribution in [0.1, 0.15) is 37.1 Å². The van der Waals surface area contributed by atoms with E-state index in [9.17, 15) is 5.11 Å². The maximum absolute atomic E-state index is 10.3. The second-order valence-corrected chi connectivity index (χ2v) is 13.6. The number of para-hydroxylation sites is 1. The second-order valence-electron chi connectivity index (χ2n) is 12.7. The lowest BCUT2D eigenvalue weighted by atomic mass is 10.0. The number of nitrogen functional groups attached to an aromatic ring is 1. The molecule has 256 valence electrons. The number of nitrogens with zero attached hydrogens (tertiary/aromatic N) is 6. The summed E-state index contributed by atoms with van der Waals surface area (Å²) in [5.41, 5.74) is 22.2. The zero-order chi connectivity index (χ0) is 34.3. The molecule has 0 spiro atoms. The van der Waals surface area contributed by atoms with Gasteiger partial charge in [0.2, 0.25) is 0 Å². The van der Waals surface area contributed by atoms with Crippen LogP contribution in [0.5, 0.6) is 11.5 Å². The van der Waals surface area contributed by atoms with Crippen LogP contribution in [-0.2, 0) is 13.1 Å². The zero-order valence-electron chi connectivity index (χ0n) is 28.5. The number of thiazole rings is 1. The number of anilines is 3. The van der Waals surface area contributed by atoms with Gasteiger partial charge in [-0.1, -0.05) is 36.4 Å². The van der Waals surface area contributed by atoms with Gasteiger partial charge in [-0.15, -0.1) is 21.5 Å². The van der Waals surface area contributed by atoms with Gasteiger partial charge in [-0.3, -0.25) is 4.90 Å². The average molecular weight is 679 g/mol. The molecule has 0 radical (unpaired) electrons. The van der Waals surface area contributed by atoms with Crippen LogP contribution in [0.2, 0.25) is 0 Å². The van der Waals surface area contributed by atoms with E-state index in [1.165, 1.54) is 21.7 Å². The summed E-state index contributed by atoms with van der Waals surface area (Å²) in [7, 11) is 0. The van der Waals surface area contributed by atoms with E-state index in [-0.39, 0.29) is 5.75 Å². The molecule has 5 aromatic rings. The number of piperazine rings is 1. The normalized spacial score (nSPS) is 13.6. The molecule has 0 amide bonds. The third-order valence-corrected chi connectivity index (χ3v) is 10.1. The van der Waals surface area contributed by atoms with Crippen LogP contribution in [0.3, 0.4) is 0 Å². The average Bonchev–Trinajstić information content (AvgIpc) is 3.55. The molecule has 1 saturated heterocycles. The van der Waals surface area contributed by atoms with Gasteiger partial charge >= 0.3 is 0 Å². The van der Waals surface area contributed by atoms with Crippen molar-refractivity contribution in [2.24, 2.45) is 5.73 Å². The Balaban J connectivity index is 0.991. The molecule has 1 aliphatic heterocycles. The molecule has 1 fully saturated rings. The van der Waals surface area contributed by atoms with Gasteiger partial charge in [0.05, 0.1) is 34.1 Å². The number of phenolic OH excluding ortho intramolecular Hbond substituents is 1. The third kappa shape index (κ3) is 8.13. The Morgan fingerprint density at radius 2 is 1.76 bits per heavy atom. The molecule has 10 nitrogen and oxygen atoms in total. The van der Waals surface area contributed by atoms with Crippen LogP contribution in [0.4, 0.5) is 17.2 Å². The third-order valence-electron chi connectivity index (χ3n) is 9.08. The van der Waals surface area contributed by atoms with Crippen molar-refractivity contribution in [3.05, 3.63) is 95.1 Å². The quantitative estimate of drug-likeness (QED) is 0.122. The number of benzene rings is 3. The number of aryl methyl sites for hydroxylation is 1. The lowest BCUT2D eigenvalue weighted by Crippen LogP contribution is -2.46. The molecule has 3 aromatic carbocycles. The number of hydrogen-bond donors (Lipinski definition) is 3. The fraction of sp³-hybridized carbons (Fsp3) is 0.342. The van der Waals surface area contributed by atoms with Crippen LogP contribution < -0.4 is 26.0 Å². The predicted octanol–water partition coefficient (Wildman–Crippen LogP) is 6.33. The largest absolute Gasteiger partial charge is 0.507 e. The van der Waals surface area contributed by atoms with Crippen molar-refractivity contribution in [1.29, 1.82) is 0 Å². The first-order valence-corrected chi connectivity index (χ1v) is 17.8. The summed E-state index contributed by atoms with van der Waals surface area (Å²) in [6, 6.07) is 24.4. The molecule has 49 heavy (non-hydrogen) atoms. The topological polar surface area (TPSA) is 130 Å². The number of aromatic nitrogens is 3. The Morgan fingerprint density at radius 1 is 0.980 bits per heavy atom. The van der Waals surface area contributed by atoms with E-state index < -0.39 is 0 Å². The minimum atomic E-state index is 0.174. The predicted molar refractivity (Wildman–Crippen MR) is 200 cm³/mol. The number of ether oxygens (including phenoxy) is 1. The van der Waals surface area contributed by atoms with Gasteiger partial charge in [-0.2, -0.15) is 0 Å². The first-order chi connectivity index (χ1) is 23.8. The van der Waals surface area contributed by atoms with E-state index >= 15 is 0 Å². The molecule has 3 heterocycles. The number of phenols is 1. The first kappa shape index (κ1) is 34.2. The molecule has 0 saturated carbocycles. The second kappa shape index (κ2) is 15.7. The zero-order valence-corrected chi connectivity index (χ0v) is 29.4. The van der Waals surface area contributed by atoms with E-state index in [1.54, 1.807) is 23.5 Å². The van der Waals surface area contributed by atoms with E-state index in [1.807, 2.05) is 23.7 Å². The molecule has 6 rings (SSSR count). The van der Waals surface area contributed by atoms with Crippen molar-refractivity contribution >= 4 is 28.5 Å². The van der Waals surface area contributed by atoms with Crippen molar-refractivity contribution in [3.8, 4) is 33.2 Å². The van der Waals surface area contributed by atoms with Gasteiger partial charge in [0.25, 0.3) is 0 Å². The van der Waals surface area contributed by atoms with Crippen LogP contribution in [-0.4, -0.2) is 70.6 Å². The van der Waals surface area contributed by atoms with Crippen LogP contribution >= 0.6 is 11.3 Å². The van der Waals surface area contributed by atoms with E-state index in [0.29, 0.717) is 36.3 Å². The summed E-state index contributed by atoms with van der Waals surface area (Å²) >= 11 is 1.67. The van der Waals surface area contributed by atoms with E-state index in [0.717, 1.165) is 68.4 Å². The Morgan fingerprint density at radius 3 is 2.45 bits per heavy atom. The lowest BCUT2D eigenvalue weighted by Gasteiger charge is -2.36. The van der Waals surface area contributed by atoms with E-state index in [2.05, 4.69) is 93.1 Å². The van der Waals surface area contributed by atoms with Crippen molar-refractivity contribution in [2.75, 3.05) is 54.9 Å². The van der Waals surface area contributed by atoms with Crippen LogP contribution in [0, 0.1) is 6.92 Å². The van der Waals surface area contributed by atoms with Crippen molar-refractivity contribution in [2.45, 2.75) is 46.3 Å². The van der Waals surface area contributed by atoms with E-state index in [4.69, 9.17) is 16.2 Å². The summed E-state index contributed by atoms with van der Waals surface area (Å²) in [5, 5.41) is 18.7. The Kier molecular flexibility index (Phi) is 10.9. The number of rotatable bonds is 13. The minimum Gasteiger partial charge on any atom is -0.507 e. The highest BCUT2D eigenvalue weighted by Crippen LogP contribution is 2.34. The molecular formula is C38H46N8O2S. The molecule has 0 aliphatic carbocycles. The lowest BCUT2D eigenvalue weighted by molar-refractivity contribution is 0.249. The fourth-order valence-corrected chi connectivity index (χ4v) is 7.17. The number of aromatic hydroxyl groups is 1. The van der Waals surface area contributed by atoms with Gasteiger partial charge < -0.3 is 31.1 Å². The van der Waals surface area contributed by atoms with Crippen molar-refractivity contribution < 1.29 is 9.84 Å². The minimum absolute atomic E-state index is 0.174. The Hall–Kier alpha value is -4.71. The SMILES string of the molecule is Cc1ncsc1-c1ccc(CN)c(N(CCCOc2ccc(CN3CCN(c4cc(-c5ccccc5O)nnc4N)CC3)cc2)C(C)C)c1. The molecule has 5 N–H and O–H groups in total. The van der Waals surface area contributed by atoms with Gasteiger partial charge in [0, 0.05) is 63.1 Å². The molecule has 2 aromatic heterocycles. The van der Waals surface area contributed by atoms with Crippen LogP contribution in [0.25, 0.3) is 21.7 Å². The summed E-state index contributed by atoms with van der Waals surface area (Å²) in [5.74, 6) is 1.46. The smallest absolute Gasteiger partial charge is 0.169 e. The summed E-state index contributed by atoms with van der Waals surface area (Å²) in [4.78, 5) is 12.8. The molecule has 0 unspecified atom stereocenters. The van der Waals surface area contributed by atoms with Crippen molar-refractivity contribution in [3.63, 3.8) is 0 Å². The van der Waals surface area contributed by atoms with Gasteiger partial charge in [-0.05, 0) is 80.3 Å². The maximum Gasteiger partial charge on any atom is 0.169 e. The maximum atomic E-state index is 10.3. The van der Waals surface area contributed by atoms with Gasteiger partial charge in [-0.25, -0.2) is 4.98 Å². The molecule has 11 heteroatoms. The highest BCUT2D eigenvalue weighted by molar-refractivity contribution is 7.13. The summed E-state index contributed by atoms with van der Waals surface area (Å²) in [6.45, 7) is 12.8. The fourth-order valence-electron chi connectivity index (χ4n) is 6.37. The highest BCUT2D eigenvalue weighted by atomic mass is 32.1.